The molecule has 0 bridgehead atoms. The van der Waals surface area contributed by atoms with Gasteiger partial charge in [0.15, 0.2) is 5.79 Å². The summed E-state index contributed by atoms with van der Waals surface area (Å²) in [4.78, 5) is 20.2. The Bertz CT molecular complexity index is 1300. The van der Waals surface area contributed by atoms with Crippen LogP contribution in [0.25, 0.3) is 16.6 Å². The molecule has 2 aromatic carbocycles. The Morgan fingerprint density at radius 3 is 2.59 bits per heavy atom. The zero-order valence-corrected chi connectivity index (χ0v) is 18.6. The normalized spacial score (nSPS) is 19.6. The van der Waals surface area contributed by atoms with Gasteiger partial charge in [0.05, 0.1) is 30.1 Å². The van der Waals surface area contributed by atoms with Crippen molar-refractivity contribution in [2.75, 3.05) is 36.5 Å². The quantitative estimate of drug-likeness (QED) is 0.613. The van der Waals surface area contributed by atoms with Crippen molar-refractivity contribution in [2.24, 2.45) is 0 Å². The van der Waals surface area contributed by atoms with Crippen molar-refractivity contribution >= 4 is 33.9 Å². The number of fused-ring (bicyclic) bond motifs is 3. The van der Waals surface area contributed by atoms with Gasteiger partial charge in [-0.3, -0.25) is 4.79 Å². The predicted octanol–water partition coefficient (Wildman–Crippen LogP) is 3.83. The minimum absolute atomic E-state index is 0.0476. The molecule has 0 atom stereocenters. The summed E-state index contributed by atoms with van der Waals surface area (Å²) in [6, 6.07) is 11.9. The fraction of sp³-hybridized carbons (Fsp3) is 0.360. The number of imidazole rings is 1. The molecular weight excluding hydrogens is 439 g/mol. The van der Waals surface area contributed by atoms with E-state index in [2.05, 4.69) is 10.2 Å². The second-order valence-corrected chi connectivity index (χ2v) is 8.83. The average Bonchev–Trinajstić information content (AvgIpc) is 3.45. The van der Waals surface area contributed by atoms with Gasteiger partial charge in [-0.25, -0.2) is 9.37 Å². The summed E-state index contributed by atoms with van der Waals surface area (Å²) >= 11 is 0. The highest BCUT2D eigenvalue weighted by Gasteiger charge is 2.40. The van der Waals surface area contributed by atoms with Crippen LogP contribution in [0.1, 0.15) is 25.1 Å². The average molecular weight is 464 g/mol. The van der Waals surface area contributed by atoms with Crippen LogP contribution in [0.4, 0.5) is 15.8 Å². The number of hydrogen-bond donors (Lipinski definition) is 2. The highest BCUT2D eigenvalue weighted by Crippen LogP contribution is 2.38. The van der Waals surface area contributed by atoms with Crippen LogP contribution in [-0.4, -0.2) is 52.7 Å². The predicted molar refractivity (Wildman–Crippen MR) is 125 cm³/mol. The number of benzene rings is 2. The minimum Gasteiger partial charge on any atom is -0.511 e. The number of amides is 1. The zero-order chi connectivity index (χ0) is 23.3. The second-order valence-electron chi connectivity index (χ2n) is 8.83. The van der Waals surface area contributed by atoms with Gasteiger partial charge in [0, 0.05) is 38.9 Å². The van der Waals surface area contributed by atoms with Crippen molar-refractivity contribution in [1.29, 1.82) is 0 Å². The number of carbonyl (C=O) groups is 1. The molecule has 0 unspecified atom stereocenters. The van der Waals surface area contributed by atoms with E-state index < -0.39 is 17.5 Å². The molecule has 34 heavy (non-hydrogen) atoms. The molecule has 6 rings (SSSR count). The number of nitrogens with one attached hydrogen (secondary N) is 1. The fourth-order valence-corrected chi connectivity index (χ4v) is 5.13. The number of carbonyl (C=O) groups excluding carboxylic acids is 1. The first-order valence-electron chi connectivity index (χ1n) is 11.6. The van der Waals surface area contributed by atoms with Gasteiger partial charge in [0.25, 0.3) is 5.91 Å². The zero-order valence-electron chi connectivity index (χ0n) is 18.6. The summed E-state index contributed by atoms with van der Waals surface area (Å²) in [6.45, 7) is 3.31. The van der Waals surface area contributed by atoms with Gasteiger partial charge in [0.1, 0.15) is 28.5 Å². The maximum atomic E-state index is 14.1. The lowest BCUT2D eigenvalue weighted by Crippen LogP contribution is -2.45. The number of halogens is 1. The standard InChI is InChI=1S/C25H25FN4O4/c26-16-4-1-2-5-17(16)27-24(32)21-20(31)8-11-30-19-7-3-6-18(22(19)28-23(21)30)29-12-9-25(10-13-29)33-14-15-34-25/h1-7,31H,8-15H2,(H,27,32). The Labute approximate surface area is 195 Å². The van der Waals surface area contributed by atoms with E-state index >= 15 is 0 Å². The van der Waals surface area contributed by atoms with E-state index in [9.17, 15) is 14.3 Å². The third kappa shape index (κ3) is 3.43. The first kappa shape index (κ1) is 21.1. The van der Waals surface area contributed by atoms with E-state index in [1.165, 1.54) is 12.1 Å². The Hall–Kier alpha value is -3.43. The first-order chi connectivity index (χ1) is 16.5. The molecule has 2 saturated heterocycles. The van der Waals surface area contributed by atoms with Crippen LogP contribution in [0.15, 0.2) is 48.2 Å². The number of aryl methyl sites for hydroxylation is 1. The molecule has 176 valence electrons. The minimum atomic E-state index is -0.587. The van der Waals surface area contributed by atoms with Gasteiger partial charge >= 0.3 is 0 Å². The maximum Gasteiger partial charge on any atom is 0.262 e. The number of hydrogen-bond acceptors (Lipinski definition) is 6. The van der Waals surface area contributed by atoms with Crippen molar-refractivity contribution in [3.05, 3.63) is 59.9 Å². The number of rotatable bonds is 3. The van der Waals surface area contributed by atoms with E-state index in [0.717, 1.165) is 42.7 Å². The number of aromatic nitrogens is 2. The molecule has 8 nitrogen and oxygen atoms in total. The molecular formula is C25H25FN4O4. The van der Waals surface area contributed by atoms with Crippen LogP contribution in [0, 0.1) is 5.82 Å². The third-order valence-electron chi connectivity index (χ3n) is 6.87. The molecule has 4 heterocycles. The molecule has 9 heteroatoms. The molecule has 0 aliphatic carbocycles. The maximum absolute atomic E-state index is 14.1. The van der Waals surface area contributed by atoms with Crippen molar-refractivity contribution in [3.8, 4) is 0 Å². The van der Waals surface area contributed by atoms with Crippen molar-refractivity contribution in [3.63, 3.8) is 0 Å². The number of anilines is 2. The summed E-state index contributed by atoms with van der Waals surface area (Å²) in [5.74, 6) is -1.26. The van der Waals surface area contributed by atoms with E-state index in [0.29, 0.717) is 32.0 Å². The highest BCUT2D eigenvalue weighted by atomic mass is 19.1. The van der Waals surface area contributed by atoms with Crippen LogP contribution < -0.4 is 10.2 Å². The fourth-order valence-electron chi connectivity index (χ4n) is 5.13. The molecule has 3 aliphatic heterocycles. The second kappa shape index (κ2) is 8.11. The Kier molecular flexibility index (Phi) is 5.04. The lowest BCUT2D eigenvalue weighted by atomic mass is 10.0. The molecule has 2 N–H and O–H groups in total. The molecule has 3 aliphatic rings. The van der Waals surface area contributed by atoms with Crippen LogP contribution in [0.3, 0.4) is 0 Å². The van der Waals surface area contributed by atoms with E-state index in [1.807, 2.05) is 22.8 Å². The van der Waals surface area contributed by atoms with Gasteiger partial charge in [0.2, 0.25) is 0 Å². The first-order valence-corrected chi connectivity index (χ1v) is 11.6. The summed E-state index contributed by atoms with van der Waals surface area (Å²) in [7, 11) is 0. The number of aliphatic hydroxyl groups is 1. The number of aliphatic hydroxyl groups excluding tert-OH is 1. The van der Waals surface area contributed by atoms with Crippen LogP contribution >= 0.6 is 0 Å². The van der Waals surface area contributed by atoms with Crippen molar-refractivity contribution in [1.82, 2.24) is 9.55 Å². The molecule has 1 spiro atoms. The monoisotopic (exact) mass is 464 g/mol. The molecule has 2 fully saturated rings. The number of nitrogens with zero attached hydrogens (tertiary/aromatic N) is 3. The third-order valence-corrected chi connectivity index (χ3v) is 6.87. The van der Waals surface area contributed by atoms with E-state index in [4.69, 9.17) is 14.5 Å². The van der Waals surface area contributed by atoms with Gasteiger partial charge in [-0.15, -0.1) is 0 Å². The Balaban J connectivity index is 1.34. The van der Waals surface area contributed by atoms with Gasteiger partial charge in [-0.1, -0.05) is 18.2 Å². The van der Waals surface area contributed by atoms with Crippen molar-refractivity contribution in [2.45, 2.75) is 31.6 Å². The largest absolute Gasteiger partial charge is 0.511 e. The van der Waals surface area contributed by atoms with E-state index in [1.54, 1.807) is 12.1 Å². The lowest BCUT2D eigenvalue weighted by molar-refractivity contribution is -0.169. The van der Waals surface area contributed by atoms with E-state index in [-0.39, 0.29) is 17.0 Å². The van der Waals surface area contributed by atoms with Crippen LogP contribution in [-0.2, 0) is 20.8 Å². The van der Waals surface area contributed by atoms with Crippen LogP contribution in [0.2, 0.25) is 0 Å². The molecule has 0 radical (unpaired) electrons. The SMILES string of the molecule is O=C(Nc1ccccc1F)C1=C(O)CCn2c1nc1c(N3CCC4(CC3)OCCO4)cccc12. The van der Waals surface area contributed by atoms with Crippen LogP contribution in [0.5, 0.6) is 0 Å². The summed E-state index contributed by atoms with van der Waals surface area (Å²) in [5, 5.41) is 13.2. The van der Waals surface area contributed by atoms with Gasteiger partial charge < -0.3 is 29.4 Å². The molecule has 1 amide bonds. The smallest absolute Gasteiger partial charge is 0.262 e. The number of allylic oxidation sites excluding steroid dienone is 1. The summed E-state index contributed by atoms with van der Waals surface area (Å²) < 4.78 is 27.8. The molecule has 0 saturated carbocycles. The Morgan fingerprint density at radius 1 is 1.06 bits per heavy atom. The highest BCUT2D eigenvalue weighted by molar-refractivity contribution is 6.25. The number of ether oxygens (including phenoxy) is 2. The summed E-state index contributed by atoms with van der Waals surface area (Å²) in [6.07, 6.45) is 1.84. The molecule has 1 aromatic heterocycles. The van der Waals surface area contributed by atoms with Gasteiger partial charge in [-0.2, -0.15) is 0 Å². The molecule has 3 aromatic rings. The lowest BCUT2D eigenvalue weighted by Gasteiger charge is -2.38. The number of para-hydroxylation sites is 2. The Morgan fingerprint density at radius 2 is 1.82 bits per heavy atom. The summed E-state index contributed by atoms with van der Waals surface area (Å²) in [5.41, 5.74) is 2.76. The topological polar surface area (TPSA) is 88.9 Å². The van der Waals surface area contributed by atoms with Gasteiger partial charge in [-0.05, 0) is 24.3 Å². The number of piperidine rings is 1. The van der Waals surface area contributed by atoms with Crippen molar-refractivity contribution < 1.29 is 23.8 Å².